The Labute approximate surface area is 218 Å². The largest absolute Gasteiger partial charge is 0.341 e. The van der Waals surface area contributed by atoms with Crippen molar-refractivity contribution in [1.82, 2.24) is 15.1 Å². The second kappa shape index (κ2) is 11.0. The average molecular weight is 571 g/mol. The summed E-state index contributed by atoms with van der Waals surface area (Å²) in [5.41, 5.74) is 0.808. The Morgan fingerprint density at radius 1 is 0.872 bits per heavy atom. The van der Waals surface area contributed by atoms with Crippen molar-refractivity contribution in [1.29, 1.82) is 0 Å². The smallest absolute Gasteiger partial charge is 0.265 e. The van der Waals surface area contributed by atoms with Crippen LogP contribution in [0.5, 0.6) is 0 Å². The molecule has 5 rings (SSSR count). The monoisotopic (exact) mass is 570 g/mol. The number of carbonyl (C=O) groups is 1. The van der Waals surface area contributed by atoms with E-state index in [4.69, 9.17) is 18.6 Å². The summed E-state index contributed by atoms with van der Waals surface area (Å²) >= 11 is 0. The highest BCUT2D eigenvalue weighted by Gasteiger charge is 2.39. The third-order valence-corrected chi connectivity index (χ3v) is 5.88. The first kappa shape index (κ1) is 28.1. The molecular weight excluding hydrogens is 555 g/mol. The molecule has 0 fully saturated rings. The average Bonchev–Trinajstić information content (AvgIpc) is 3.51. The highest BCUT2D eigenvalue weighted by molar-refractivity contribution is 5.95. The molecule has 1 heterocycles. The van der Waals surface area contributed by atoms with E-state index in [0.717, 1.165) is 11.3 Å². The van der Waals surface area contributed by atoms with Gasteiger partial charge >= 0.3 is 0 Å². The standard InChI is InChI=1S/C24H15F5N4O.ClHO4/c25-18-17(19(26)21(28)22(29)20(18)27)24(34)31-23-15-9-5-4-6-13(15)10-16(23)32-11-30-33(12-32)14-7-2-1-3-8-14;2-1(3,4)5/h1-9,11-12,16,23H,10H2;(H,2,3,4,5)/t16?,23-;/m1./s1. The number of rotatable bonds is 4. The Hall–Kier alpha value is -3.95. The van der Waals surface area contributed by atoms with Crippen molar-refractivity contribution in [3.05, 3.63) is 113 Å². The summed E-state index contributed by atoms with van der Waals surface area (Å²) in [5.74, 6) is -12.4. The number of halogens is 6. The molecule has 39 heavy (non-hydrogen) atoms. The molecule has 3 aromatic carbocycles. The molecule has 1 unspecified atom stereocenters. The van der Waals surface area contributed by atoms with Crippen LogP contribution in [-0.4, -0.2) is 15.7 Å². The first-order valence-corrected chi connectivity index (χ1v) is 12.1. The van der Waals surface area contributed by atoms with Crippen LogP contribution in [0.15, 0.2) is 67.3 Å². The van der Waals surface area contributed by atoms with Crippen molar-refractivity contribution >= 4 is 5.91 Å². The van der Waals surface area contributed by atoms with Gasteiger partial charge in [0, 0.05) is 11.5 Å². The van der Waals surface area contributed by atoms with Gasteiger partial charge in [-0.2, -0.15) is 0 Å². The number of para-hydroxylation sites is 1. The Balaban J connectivity index is 0.000000648. The second-order valence-electron chi connectivity index (χ2n) is 8.22. The number of benzene rings is 3. The quantitative estimate of drug-likeness (QED) is 0.150. The number of hydrogen-bond donors (Lipinski definition) is 1. The lowest BCUT2D eigenvalue weighted by Crippen LogP contribution is -2.68. The van der Waals surface area contributed by atoms with Gasteiger partial charge in [0.1, 0.15) is 17.3 Å². The molecular formula is C24H16ClF5N4O5. The molecule has 0 saturated carbocycles. The van der Waals surface area contributed by atoms with Crippen LogP contribution in [0.3, 0.4) is 0 Å². The van der Waals surface area contributed by atoms with Gasteiger partial charge in [-0.3, -0.25) is 4.79 Å². The normalized spacial score (nSPS) is 16.3. The Kier molecular flexibility index (Phi) is 7.94. The van der Waals surface area contributed by atoms with Crippen molar-refractivity contribution in [3.63, 3.8) is 0 Å². The highest BCUT2D eigenvalue weighted by atomic mass is 35.7. The number of amides is 1. The lowest BCUT2D eigenvalue weighted by atomic mass is 10.1. The molecule has 0 spiro atoms. The fourth-order valence-electron chi connectivity index (χ4n) is 4.23. The van der Waals surface area contributed by atoms with Crippen LogP contribution in [0.1, 0.15) is 33.6 Å². The maximum absolute atomic E-state index is 14.2. The number of fused-ring (bicyclic) bond motifs is 1. The fourth-order valence-corrected chi connectivity index (χ4v) is 4.23. The Bertz CT molecular complexity index is 1480. The van der Waals surface area contributed by atoms with E-state index < -0.39 is 62.9 Å². The maximum Gasteiger partial charge on any atom is 0.265 e. The minimum absolute atomic E-state index is 0.448. The number of carbonyl (C=O) groups excluding carboxylic acids is 1. The molecule has 0 aliphatic heterocycles. The van der Waals surface area contributed by atoms with Gasteiger partial charge in [-0.15, -0.1) is 10.2 Å². The van der Waals surface area contributed by atoms with Gasteiger partial charge < -0.3 is 5.32 Å². The lowest BCUT2D eigenvalue weighted by Gasteiger charge is -2.20. The third kappa shape index (κ3) is 6.05. The summed E-state index contributed by atoms with van der Waals surface area (Å²) in [4.78, 5) is 12.8. The predicted octanol–water partition coefficient (Wildman–Crippen LogP) is -0.632. The molecule has 1 aliphatic carbocycles. The van der Waals surface area contributed by atoms with Crippen molar-refractivity contribution < 1.29 is 60.2 Å². The summed E-state index contributed by atoms with van der Waals surface area (Å²) in [6.45, 7) is 0. The van der Waals surface area contributed by atoms with Crippen LogP contribution >= 0.6 is 0 Å². The van der Waals surface area contributed by atoms with Crippen LogP contribution in [-0.2, 0) is 6.42 Å². The number of hydrogen-bond acceptors (Lipinski definition) is 6. The summed E-state index contributed by atoms with van der Waals surface area (Å²) < 4.78 is 107. The molecule has 4 aromatic rings. The molecule has 204 valence electrons. The Morgan fingerprint density at radius 2 is 1.41 bits per heavy atom. The van der Waals surface area contributed by atoms with Gasteiger partial charge in [0.2, 0.25) is 12.1 Å². The molecule has 1 N–H and O–H groups in total. The van der Waals surface area contributed by atoms with E-state index >= 15 is 0 Å². The summed E-state index contributed by atoms with van der Waals surface area (Å²) in [5, 5.41) is 6.80. The minimum Gasteiger partial charge on any atom is -0.341 e. The SMILES string of the molecule is O=C(N[C@@H]1c2ccccc2CC1[n+]1cnn(-c2ccccc2)c1)c1c(F)c(F)c(F)c(F)c1F.[O-][Cl+3]([O-])([O-])[O-]. The predicted molar refractivity (Wildman–Crippen MR) is 109 cm³/mol. The van der Waals surface area contributed by atoms with Gasteiger partial charge in [0.25, 0.3) is 12.2 Å². The van der Waals surface area contributed by atoms with Crippen molar-refractivity contribution in [2.24, 2.45) is 0 Å². The van der Waals surface area contributed by atoms with Gasteiger partial charge in [-0.1, -0.05) is 47.1 Å². The zero-order valence-corrected chi connectivity index (χ0v) is 20.1. The highest BCUT2D eigenvalue weighted by Crippen LogP contribution is 2.37. The van der Waals surface area contributed by atoms with Crippen molar-refractivity contribution in [3.8, 4) is 5.69 Å². The molecule has 15 heteroatoms. The van der Waals surface area contributed by atoms with Gasteiger partial charge in [0.15, 0.2) is 23.3 Å². The first-order chi connectivity index (χ1) is 18.4. The topological polar surface area (TPSA) is 143 Å². The van der Waals surface area contributed by atoms with Crippen LogP contribution in [0.2, 0.25) is 0 Å². The molecule has 1 aromatic heterocycles. The van der Waals surface area contributed by atoms with Crippen molar-refractivity contribution in [2.75, 3.05) is 0 Å². The maximum atomic E-state index is 14.2. The molecule has 2 atom stereocenters. The van der Waals surface area contributed by atoms with E-state index in [2.05, 4.69) is 10.4 Å². The summed E-state index contributed by atoms with van der Waals surface area (Å²) in [6, 6.07) is 15.1. The molecule has 9 nitrogen and oxygen atoms in total. The van der Waals surface area contributed by atoms with E-state index in [0.29, 0.717) is 12.0 Å². The number of nitrogens with zero attached hydrogens (tertiary/aromatic N) is 3. The minimum atomic E-state index is -4.94. The third-order valence-electron chi connectivity index (χ3n) is 5.88. The second-order valence-corrected chi connectivity index (χ2v) is 8.97. The van der Waals surface area contributed by atoms with E-state index in [1.807, 2.05) is 42.5 Å². The van der Waals surface area contributed by atoms with Gasteiger partial charge in [0.05, 0.1) is 6.04 Å². The van der Waals surface area contributed by atoms with Crippen molar-refractivity contribution in [2.45, 2.75) is 18.5 Å². The van der Waals surface area contributed by atoms with E-state index in [1.54, 1.807) is 34.0 Å². The van der Waals surface area contributed by atoms with E-state index in [1.165, 1.54) is 0 Å². The zero-order chi connectivity index (χ0) is 28.5. The van der Waals surface area contributed by atoms with Crippen LogP contribution in [0.25, 0.3) is 5.69 Å². The molecule has 0 bridgehead atoms. The summed E-state index contributed by atoms with van der Waals surface area (Å²) in [6.07, 6.45) is 3.69. The fraction of sp³-hybridized carbons (Fsp3) is 0.125. The van der Waals surface area contributed by atoms with Gasteiger partial charge in [-0.05, 0) is 23.3 Å². The number of nitrogens with one attached hydrogen (secondary N) is 1. The lowest BCUT2D eigenvalue weighted by molar-refractivity contribution is -2.00. The van der Waals surface area contributed by atoms with Crippen LogP contribution < -0.4 is 28.5 Å². The molecule has 0 radical (unpaired) electrons. The summed E-state index contributed by atoms with van der Waals surface area (Å²) in [7, 11) is -4.94. The van der Waals surface area contributed by atoms with Crippen LogP contribution in [0, 0.1) is 39.3 Å². The van der Waals surface area contributed by atoms with E-state index in [-0.39, 0.29) is 0 Å². The first-order valence-electron chi connectivity index (χ1n) is 10.9. The molecule has 0 saturated heterocycles. The zero-order valence-electron chi connectivity index (χ0n) is 19.4. The Morgan fingerprint density at radius 3 is 2.03 bits per heavy atom. The van der Waals surface area contributed by atoms with E-state index in [9.17, 15) is 26.7 Å². The molecule has 1 amide bonds. The van der Waals surface area contributed by atoms with Gasteiger partial charge in [-0.25, -0.2) is 45.2 Å². The number of aromatic nitrogens is 3. The molecule has 1 aliphatic rings. The van der Waals surface area contributed by atoms with Crippen LogP contribution in [0.4, 0.5) is 22.0 Å².